The van der Waals surface area contributed by atoms with Crippen LogP contribution in [0, 0.1) is 5.82 Å². The second-order valence-electron chi connectivity index (χ2n) is 6.39. The summed E-state index contributed by atoms with van der Waals surface area (Å²) in [6, 6.07) is 6.68. The molecule has 0 saturated heterocycles. The van der Waals surface area contributed by atoms with Crippen LogP contribution in [0.4, 0.5) is 4.39 Å². The Morgan fingerprint density at radius 1 is 1.23 bits per heavy atom. The molecule has 0 unspecified atom stereocenters. The second-order valence-corrected chi connectivity index (χ2v) is 8.54. The van der Waals surface area contributed by atoms with Crippen molar-refractivity contribution >= 4 is 27.5 Å². The van der Waals surface area contributed by atoms with Crippen LogP contribution in [0.3, 0.4) is 0 Å². The first-order chi connectivity index (χ1) is 14.3. The number of hydrogen-bond acceptors (Lipinski definition) is 5. The lowest BCUT2D eigenvalue weighted by molar-refractivity contribution is 0.0954. The van der Waals surface area contributed by atoms with Gasteiger partial charge in [-0.05, 0) is 42.3 Å². The van der Waals surface area contributed by atoms with Crippen LogP contribution in [0.5, 0.6) is 11.5 Å². The highest BCUT2D eigenvalue weighted by Crippen LogP contribution is 2.38. The number of benzene rings is 2. The Hall–Kier alpha value is -2.62. The number of carbonyl (C=O) groups is 1. The number of fused-ring (bicyclic) bond motifs is 1. The number of nitrogens with one attached hydrogen (secondary N) is 2. The Morgan fingerprint density at radius 2 is 2.00 bits per heavy atom. The molecule has 0 atom stereocenters. The van der Waals surface area contributed by atoms with Gasteiger partial charge in [0.25, 0.3) is 5.91 Å². The first kappa shape index (κ1) is 22.1. The van der Waals surface area contributed by atoms with Crippen molar-refractivity contribution in [3.63, 3.8) is 0 Å². The molecule has 160 valence electrons. The van der Waals surface area contributed by atoms with Crippen molar-refractivity contribution < 1.29 is 27.1 Å². The molecule has 1 aliphatic rings. The van der Waals surface area contributed by atoms with Gasteiger partial charge in [0.1, 0.15) is 23.9 Å². The molecule has 10 heteroatoms. The van der Waals surface area contributed by atoms with Crippen LogP contribution in [-0.2, 0) is 16.4 Å². The number of amides is 1. The number of sulfonamides is 1. The highest BCUT2D eigenvalue weighted by molar-refractivity contribution is 7.89. The lowest BCUT2D eigenvalue weighted by Gasteiger charge is -2.20. The molecule has 0 saturated carbocycles. The van der Waals surface area contributed by atoms with E-state index < -0.39 is 26.6 Å². The van der Waals surface area contributed by atoms with E-state index in [0.29, 0.717) is 36.2 Å². The van der Waals surface area contributed by atoms with E-state index in [4.69, 9.17) is 21.1 Å². The third-order valence-corrected chi connectivity index (χ3v) is 5.98. The lowest BCUT2D eigenvalue weighted by atomic mass is 10.1. The molecule has 1 heterocycles. The maximum Gasteiger partial charge on any atom is 0.251 e. The molecule has 0 radical (unpaired) electrons. The predicted molar refractivity (Wildman–Crippen MR) is 110 cm³/mol. The summed E-state index contributed by atoms with van der Waals surface area (Å²) in [6.07, 6.45) is 1.78. The Bertz CT molecular complexity index is 1080. The van der Waals surface area contributed by atoms with Crippen LogP contribution in [-0.4, -0.2) is 40.6 Å². The Balaban J connectivity index is 1.66. The van der Waals surface area contributed by atoms with E-state index in [1.54, 1.807) is 12.1 Å². The maximum absolute atomic E-state index is 14.0. The van der Waals surface area contributed by atoms with Gasteiger partial charge in [-0.1, -0.05) is 17.7 Å². The Labute approximate surface area is 178 Å². The smallest absolute Gasteiger partial charge is 0.251 e. The van der Waals surface area contributed by atoms with Crippen molar-refractivity contribution in [1.82, 2.24) is 10.0 Å². The van der Waals surface area contributed by atoms with Crippen LogP contribution in [0.25, 0.3) is 0 Å². The van der Waals surface area contributed by atoms with Crippen LogP contribution in [0.1, 0.15) is 15.9 Å². The molecule has 1 amide bonds. The van der Waals surface area contributed by atoms with Crippen LogP contribution >= 0.6 is 11.6 Å². The second kappa shape index (κ2) is 9.46. The third-order valence-electron chi connectivity index (χ3n) is 4.26. The normalized spacial score (nSPS) is 13.0. The molecule has 0 aromatic heterocycles. The number of hydrogen-bond donors (Lipinski definition) is 2. The summed E-state index contributed by atoms with van der Waals surface area (Å²) in [4.78, 5) is 11.8. The van der Waals surface area contributed by atoms with Gasteiger partial charge < -0.3 is 14.8 Å². The average molecular weight is 455 g/mol. The van der Waals surface area contributed by atoms with E-state index in [9.17, 15) is 17.6 Å². The highest BCUT2D eigenvalue weighted by atomic mass is 35.5. The maximum atomic E-state index is 14.0. The zero-order valence-corrected chi connectivity index (χ0v) is 17.5. The number of ether oxygens (including phenoxy) is 2. The molecule has 0 aliphatic carbocycles. The summed E-state index contributed by atoms with van der Waals surface area (Å²) in [7, 11) is -4.10. The molecule has 3 rings (SSSR count). The first-order valence-electron chi connectivity index (χ1n) is 9.08. The molecule has 0 spiro atoms. The number of halogens is 2. The van der Waals surface area contributed by atoms with Gasteiger partial charge in [-0.25, -0.2) is 17.5 Å². The largest absolute Gasteiger partial charge is 0.486 e. The molecule has 30 heavy (non-hydrogen) atoms. The zero-order chi connectivity index (χ0) is 21.7. The molecule has 0 fully saturated rings. The minimum absolute atomic E-state index is 0.0237. The molecule has 1 aliphatic heterocycles. The Kier molecular flexibility index (Phi) is 6.96. The monoisotopic (exact) mass is 454 g/mol. The molecule has 7 nitrogen and oxygen atoms in total. The van der Waals surface area contributed by atoms with E-state index in [1.807, 2.05) is 0 Å². The lowest BCUT2D eigenvalue weighted by Crippen LogP contribution is -2.27. The van der Waals surface area contributed by atoms with Crippen LogP contribution < -0.4 is 19.5 Å². The fraction of sp³-hybridized carbons (Fsp3) is 0.250. The summed E-state index contributed by atoms with van der Waals surface area (Å²) < 4.78 is 51.5. The standard InChI is InChI=1S/C20H20ClFN2O5S/c1-2-6-24-30(26,27)18-12-14(3-4-16(18)22)20(25)23-7-5-13-10-15(21)19-17(11-13)28-8-9-29-19/h2-4,10-12,24H,1,5-9H2,(H,23,25). The van der Waals surface area contributed by atoms with Gasteiger partial charge in [0, 0.05) is 18.7 Å². The molecular weight excluding hydrogens is 435 g/mol. The van der Waals surface area contributed by atoms with Crippen molar-refractivity contribution in [2.24, 2.45) is 0 Å². The highest BCUT2D eigenvalue weighted by Gasteiger charge is 2.21. The van der Waals surface area contributed by atoms with Crippen molar-refractivity contribution in [3.05, 3.63) is 65.0 Å². The van der Waals surface area contributed by atoms with Crippen molar-refractivity contribution in [1.29, 1.82) is 0 Å². The van der Waals surface area contributed by atoms with E-state index in [1.165, 1.54) is 12.1 Å². The van der Waals surface area contributed by atoms with Crippen molar-refractivity contribution in [2.75, 3.05) is 26.3 Å². The minimum atomic E-state index is -4.10. The van der Waals surface area contributed by atoms with Gasteiger partial charge >= 0.3 is 0 Å². The van der Waals surface area contributed by atoms with E-state index in [0.717, 1.165) is 17.7 Å². The predicted octanol–water partition coefficient (Wildman–Crippen LogP) is 2.69. The molecule has 2 N–H and O–H groups in total. The van der Waals surface area contributed by atoms with Crippen molar-refractivity contribution in [3.8, 4) is 11.5 Å². The average Bonchev–Trinajstić information content (AvgIpc) is 2.72. The van der Waals surface area contributed by atoms with E-state index >= 15 is 0 Å². The molecule has 2 aromatic rings. The number of rotatable bonds is 8. The summed E-state index contributed by atoms with van der Waals surface area (Å²) in [5, 5.41) is 3.11. The van der Waals surface area contributed by atoms with Gasteiger partial charge in [0.2, 0.25) is 10.0 Å². The first-order valence-corrected chi connectivity index (χ1v) is 10.9. The van der Waals surface area contributed by atoms with Gasteiger partial charge in [-0.2, -0.15) is 0 Å². The fourth-order valence-electron chi connectivity index (χ4n) is 2.83. The topological polar surface area (TPSA) is 93.7 Å². The van der Waals surface area contributed by atoms with Crippen molar-refractivity contribution in [2.45, 2.75) is 11.3 Å². The van der Waals surface area contributed by atoms with Crippen LogP contribution in [0.2, 0.25) is 5.02 Å². The zero-order valence-electron chi connectivity index (χ0n) is 15.9. The Morgan fingerprint density at radius 3 is 2.77 bits per heavy atom. The van der Waals surface area contributed by atoms with Gasteiger partial charge in [0.05, 0.1) is 5.02 Å². The summed E-state index contributed by atoms with van der Waals surface area (Å²) >= 11 is 6.20. The van der Waals surface area contributed by atoms with E-state index in [-0.39, 0.29) is 18.7 Å². The molecule has 0 bridgehead atoms. The van der Waals surface area contributed by atoms with Gasteiger partial charge in [0.15, 0.2) is 11.5 Å². The van der Waals surface area contributed by atoms with Crippen LogP contribution in [0.15, 0.2) is 47.9 Å². The quantitative estimate of drug-likeness (QED) is 0.598. The number of carbonyl (C=O) groups excluding carboxylic acids is 1. The van der Waals surface area contributed by atoms with Gasteiger partial charge in [-0.3, -0.25) is 4.79 Å². The summed E-state index contributed by atoms with van der Waals surface area (Å²) in [5.41, 5.74) is 0.858. The van der Waals surface area contributed by atoms with E-state index in [2.05, 4.69) is 16.6 Å². The summed E-state index contributed by atoms with van der Waals surface area (Å²) in [6.45, 7) is 4.46. The third kappa shape index (κ3) is 5.10. The molecule has 2 aromatic carbocycles. The van der Waals surface area contributed by atoms with Gasteiger partial charge in [-0.15, -0.1) is 6.58 Å². The minimum Gasteiger partial charge on any atom is -0.486 e. The SMILES string of the molecule is C=CCNS(=O)(=O)c1cc(C(=O)NCCc2cc(Cl)c3c(c2)OCCO3)ccc1F. The summed E-state index contributed by atoms with van der Waals surface area (Å²) in [5.74, 6) is -0.427. The molecular formula is C20H20ClFN2O5S. The fourth-order valence-corrected chi connectivity index (χ4v) is 4.22.